The second-order valence-electron chi connectivity index (χ2n) is 6.06. The number of carboxylic acid groups (broad SMARTS) is 1. The normalized spacial score (nSPS) is 22.6. The fourth-order valence-electron chi connectivity index (χ4n) is 1.70. The van der Waals surface area contributed by atoms with Gasteiger partial charge < -0.3 is 10.4 Å². The number of carbonyl (C=O) groups excluding carboxylic acids is 1. The molecule has 0 radical (unpaired) electrons. The van der Waals surface area contributed by atoms with E-state index >= 15 is 0 Å². The fourth-order valence-corrected chi connectivity index (χ4v) is 1.70. The number of carboxylic acids is 1. The molecule has 1 aliphatic rings. The van der Waals surface area contributed by atoms with Crippen LogP contribution >= 0.6 is 0 Å². The van der Waals surface area contributed by atoms with E-state index in [-0.39, 0.29) is 12.3 Å². The zero-order valence-corrected chi connectivity index (χ0v) is 10.5. The quantitative estimate of drug-likeness (QED) is 0.750. The zero-order chi connectivity index (χ0) is 12.6. The second kappa shape index (κ2) is 4.07. The van der Waals surface area contributed by atoms with Crippen LogP contribution < -0.4 is 5.32 Å². The predicted octanol–water partition coefficient (Wildman–Crippen LogP) is 1.65. The van der Waals surface area contributed by atoms with Crippen LogP contribution in [0.5, 0.6) is 0 Å². The maximum absolute atomic E-state index is 11.5. The van der Waals surface area contributed by atoms with Crippen LogP contribution in [0.25, 0.3) is 0 Å². The van der Waals surface area contributed by atoms with Gasteiger partial charge in [0, 0.05) is 13.0 Å². The van der Waals surface area contributed by atoms with Gasteiger partial charge in [-0.1, -0.05) is 13.8 Å². The van der Waals surface area contributed by atoms with Crippen LogP contribution in [-0.2, 0) is 9.59 Å². The van der Waals surface area contributed by atoms with Gasteiger partial charge in [-0.2, -0.15) is 0 Å². The molecule has 0 bridgehead atoms. The molecular weight excluding hydrogens is 206 g/mol. The van der Waals surface area contributed by atoms with Crippen LogP contribution in [0.15, 0.2) is 0 Å². The third kappa shape index (κ3) is 3.22. The van der Waals surface area contributed by atoms with Crippen LogP contribution in [0.3, 0.4) is 0 Å². The van der Waals surface area contributed by atoms with E-state index in [1.807, 2.05) is 0 Å². The van der Waals surface area contributed by atoms with Crippen LogP contribution in [0.1, 0.15) is 40.5 Å². The summed E-state index contributed by atoms with van der Waals surface area (Å²) in [4.78, 5) is 22.4. The molecule has 1 saturated carbocycles. The lowest BCUT2D eigenvalue weighted by atomic mass is 9.89. The van der Waals surface area contributed by atoms with Gasteiger partial charge in [-0.25, -0.2) is 0 Å². The van der Waals surface area contributed by atoms with Crippen LogP contribution in [-0.4, -0.2) is 23.5 Å². The highest BCUT2D eigenvalue weighted by Gasteiger charge is 2.45. The molecule has 1 aliphatic carbocycles. The van der Waals surface area contributed by atoms with E-state index in [4.69, 9.17) is 5.11 Å². The molecule has 1 rings (SSSR count). The average molecular weight is 227 g/mol. The first-order chi connectivity index (χ1) is 7.15. The summed E-state index contributed by atoms with van der Waals surface area (Å²) < 4.78 is 0. The van der Waals surface area contributed by atoms with Gasteiger partial charge in [0.05, 0.1) is 5.41 Å². The number of carbonyl (C=O) groups is 2. The van der Waals surface area contributed by atoms with E-state index in [0.29, 0.717) is 17.9 Å². The molecule has 4 nitrogen and oxygen atoms in total. The van der Waals surface area contributed by atoms with E-state index in [0.717, 1.165) is 6.42 Å². The summed E-state index contributed by atoms with van der Waals surface area (Å²) in [5.41, 5.74) is -0.640. The third-order valence-electron chi connectivity index (χ3n) is 3.44. The van der Waals surface area contributed by atoms with Gasteiger partial charge in [-0.15, -0.1) is 0 Å². The smallest absolute Gasteiger partial charge is 0.309 e. The van der Waals surface area contributed by atoms with Crippen molar-refractivity contribution in [3.63, 3.8) is 0 Å². The van der Waals surface area contributed by atoms with Crippen molar-refractivity contribution < 1.29 is 14.7 Å². The molecule has 4 heteroatoms. The maximum Gasteiger partial charge on any atom is 0.309 e. The van der Waals surface area contributed by atoms with Crippen molar-refractivity contribution in [2.24, 2.45) is 16.7 Å². The molecule has 1 fully saturated rings. The molecule has 0 aromatic carbocycles. The number of amides is 1. The summed E-state index contributed by atoms with van der Waals surface area (Å²) >= 11 is 0. The van der Waals surface area contributed by atoms with E-state index in [2.05, 4.69) is 19.2 Å². The molecular formula is C12H21NO3. The Bertz CT molecular complexity index is 307. The molecule has 0 aromatic heterocycles. The third-order valence-corrected chi connectivity index (χ3v) is 3.44. The first-order valence-corrected chi connectivity index (χ1v) is 5.65. The number of hydrogen-bond acceptors (Lipinski definition) is 2. The number of hydrogen-bond donors (Lipinski definition) is 2. The molecule has 1 atom stereocenters. The Morgan fingerprint density at radius 2 is 1.94 bits per heavy atom. The Morgan fingerprint density at radius 1 is 1.44 bits per heavy atom. The van der Waals surface area contributed by atoms with Gasteiger partial charge in [0.1, 0.15) is 0 Å². The van der Waals surface area contributed by atoms with E-state index in [1.54, 1.807) is 13.8 Å². The lowest BCUT2D eigenvalue weighted by Gasteiger charge is -2.18. The highest BCUT2D eigenvalue weighted by atomic mass is 16.4. The molecule has 16 heavy (non-hydrogen) atoms. The minimum Gasteiger partial charge on any atom is -0.481 e. The lowest BCUT2D eigenvalue weighted by molar-refractivity contribution is -0.149. The van der Waals surface area contributed by atoms with Gasteiger partial charge in [0.15, 0.2) is 0 Å². The Kier molecular flexibility index (Phi) is 3.31. The number of aliphatic carboxylic acids is 1. The highest BCUT2D eigenvalue weighted by molar-refractivity contribution is 5.84. The van der Waals surface area contributed by atoms with Gasteiger partial charge in [-0.05, 0) is 31.6 Å². The van der Waals surface area contributed by atoms with Crippen molar-refractivity contribution >= 4 is 11.9 Å². The Morgan fingerprint density at radius 3 is 2.31 bits per heavy atom. The average Bonchev–Trinajstić information content (AvgIpc) is 2.69. The zero-order valence-electron chi connectivity index (χ0n) is 10.5. The first kappa shape index (κ1) is 13.0. The maximum atomic E-state index is 11.5. The monoisotopic (exact) mass is 227 g/mol. The topological polar surface area (TPSA) is 66.4 Å². The van der Waals surface area contributed by atoms with Crippen LogP contribution in [0, 0.1) is 16.7 Å². The molecule has 0 spiro atoms. The molecule has 1 unspecified atom stereocenters. The van der Waals surface area contributed by atoms with Crippen LogP contribution in [0.4, 0.5) is 0 Å². The summed E-state index contributed by atoms with van der Waals surface area (Å²) in [6, 6.07) is 0. The van der Waals surface area contributed by atoms with Crippen molar-refractivity contribution in [3.05, 3.63) is 0 Å². The van der Waals surface area contributed by atoms with E-state index in [1.165, 1.54) is 0 Å². The summed E-state index contributed by atoms with van der Waals surface area (Å²) in [7, 11) is 0. The van der Waals surface area contributed by atoms with Gasteiger partial charge >= 0.3 is 5.97 Å². The molecule has 2 N–H and O–H groups in total. The fraction of sp³-hybridized carbons (Fsp3) is 0.833. The van der Waals surface area contributed by atoms with Crippen LogP contribution in [0.2, 0.25) is 0 Å². The Hall–Kier alpha value is -1.06. The molecule has 92 valence electrons. The van der Waals surface area contributed by atoms with E-state index < -0.39 is 11.4 Å². The SMILES string of the molecule is CC(C)(CC(=O)NCC1CC1(C)C)C(=O)O. The minimum absolute atomic E-state index is 0.0372. The van der Waals surface area contributed by atoms with Gasteiger partial charge in [0.2, 0.25) is 5.91 Å². The summed E-state index contributed by atoms with van der Waals surface area (Å²) in [5.74, 6) is -0.561. The van der Waals surface area contributed by atoms with Crippen molar-refractivity contribution in [2.45, 2.75) is 40.5 Å². The summed E-state index contributed by atoms with van der Waals surface area (Å²) in [6.45, 7) is 8.14. The van der Waals surface area contributed by atoms with Crippen molar-refractivity contribution in [2.75, 3.05) is 6.54 Å². The van der Waals surface area contributed by atoms with Crippen molar-refractivity contribution in [1.82, 2.24) is 5.32 Å². The van der Waals surface area contributed by atoms with Crippen molar-refractivity contribution in [1.29, 1.82) is 0 Å². The standard InChI is InChI=1S/C12H21NO3/c1-11(2)5-8(11)7-13-9(14)6-12(3,4)10(15)16/h8H,5-7H2,1-4H3,(H,13,14)(H,15,16). The summed E-state index contributed by atoms with van der Waals surface area (Å²) in [6.07, 6.45) is 1.17. The highest BCUT2D eigenvalue weighted by Crippen LogP contribution is 2.50. The number of nitrogens with one attached hydrogen (secondary N) is 1. The molecule has 1 amide bonds. The summed E-state index contributed by atoms with van der Waals surface area (Å²) in [5, 5.41) is 11.7. The largest absolute Gasteiger partial charge is 0.481 e. The Balaban J connectivity index is 2.29. The van der Waals surface area contributed by atoms with Gasteiger partial charge in [0.25, 0.3) is 0 Å². The second-order valence-corrected chi connectivity index (χ2v) is 6.06. The van der Waals surface area contributed by atoms with Crippen molar-refractivity contribution in [3.8, 4) is 0 Å². The Labute approximate surface area is 96.4 Å². The lowest BCUT2D eigenvalue weighted by Crippen LogP contribution is -2.34. The molecule has 0 heterocycles. The number of rotatable bonds is 5. The molecule has 0 aliphatic heterocycles. The van der Waals surface area contributed by atoms with E-state index in [9.17, 15) is 9.59 Å². The van der Waals surface area contributed by atoms with Gasteiger partial charge in [-0.3, -0.25) is 9.59 Å². The molecule has 0 aromatic rings. The molecule has 0 saturated heterocycles. The first-order valence-electron chi connectivity index (χ1n) is 5.65. The predicted molar refractivity (Wildman–Crippen MR) is 60.9 cm³/mol. The minimum atomic E-state index is -0.983.